The zero-order chi connectivity index (χ0) is 15.6. The molecule has 0 aliphatic heterocycles. The molecule has 2 rings (SSSR count). The molecule has 0 fully saturated rings. The second kappa shape index (κ2) is 5.65. The number of rotatable bonds is 4. The third-order valence-corrected chi connectivity index (χ3v) is 2.42. The van der Waals surface area contributed by atoms with Crippen LogP contribution in [0.1, 0.15) is 10.4 Å². The highest BCUT2D eigenvalue weighted by Crippen LogP contribution is 2.16. The number of carbonyl (C=O) groups excluding carboxylic acids is 1. The largest absolute Gasteiger partial charge is 0.480 e. The van der Waals surface area contributed by atoms with E-state index in [1.54, 1.807) is 0 Å². The smallest absolute Gasteiger partial charge is 0.325 e. The lowest BCUT2D eigenvalue weighted by Gasteiger charge is -2.05. The Bertz CT molecular complexity index is 692. The summed E-state index contributed by atoms with van der Waals surface area (Å²) in [7, 11) is 0. The summed E-state index contributed by atoms with van der Waals surface area (Å²) in [5.74, 6) is -6.12. The van der Waals surface area contributed by atoms with Crippen LogP contribution in [0.4, 0.5) is 18.9 Å². The summed E-state index contributed by atoms with van der Waals surface area (Å²) in [4.78, 5) is 22.2. The topological polar surface area (TPSA) is 84.2 Å². The van der Waals surface area contributed by atoms with Crippen molar-refractivity contribution in [2.45, 2.75) is 6.54 Å². The summed E-state index contributed by atoms with van der Waals surface area (Å²) in [5.41, 5.74) is -0.897. The Labute approximate surface area is 115 Å². The van der Waals surface area contributed by atoms with Gasteiger partial charge >= 0.3 is 5.97 Å². The summed E-state index contributed by atoms with van der Waals surface area (Å²) >= 11 is 0. The molecule has 0 bridgehead atoms. The molecule has 6 nitrogen and oxygen atoms in total. The summed E-state index contributed by atoms with van der Waals surface area (Å²) in [5, 5.41) is 14.3. The fraction of sp³-hybridized carbons (Fsp3) is 0.0833. The molecule has 0 spiro atoms. The number of carboxylic acids is 1. The van der Waals surface area contributed by atoms with E-state index in [-0.39, 0.29) is 5.69 Å². The highest BCUT2D eigenvalue weighted by molar-refractivity contribution is 6.04. The average molecular weight is 299 g/mol. The van der Waals surface area contributed by atoms with E-state index >= 15 is 0 Å². The highest BCUT2D eigenvalue weighted by Gasteiger charge is 2.19. The van der Waals surface area contributed by atoms with Gasteiger partial charge in [0.2, 0.25) is 0 Å². The van der Waals surface area contributed by atoms with Gasteiger partial charge in [-0.15, -0.1) is 0 Å². The van der Waals surface area contributed by atoms with Crippen molar-refractivity contribution in [1.82, 2.24) is 9.78 Å². The maximum absolute atomic E-state index is 13.4. The Balaban J connectivity index is 2.18. The summed E-state index contributed by atoms with van der Waals surface area (Å²) in [6.45, 7) is -0.435. The lowest BCUT2D eigenvalue weighted by Crippen LogP contribution is -2.16. The maximum Gasteiger partial charge on any atom is 0.325 e. The minimum Gasteiger partial charge on any atom is -0.480 e. The first-order chi connectivity index (χ1) is 9.86. The molecule has 1 aromatic carbocycles. The van der Waals surface area contributed by atoms with Gasteiger partial charge in [0, 0.05) is 18.3 Å². The van der Waals surface area contributed by atoms with Crippen molar-refractivity contribution < 1.29 is 27.9 Å². The quantitative estimate of drug-likeness (QED) is 0.899. The third kappa shape index (κ3) is 3.38. The minimum absolute atomic E-state index is 0.0457. The van der Waals surface area contributed by atoms with Gasteiger partial charge in [-0.25, -0.2) is 13.2 Å². The van der Waals surface area contributed by atoms with Crippen molar-refractivity contribution in [2.24, 2.45) is 0 Å². The van der Waals surface area contributed by atoms with Gasteiger partial charge in [-0.05, 0) is 0 Å². The molecule has 0 unspecified atom stereocenters. The second-order valence-electron chi connectivity index (χ2n) is 4.02. The first kappa shape index (κ1) is 14.6. The molecule has 0 saturated heterocycles. The van der Waals surface area contributed by atoms with Gasteiger partial charge in [-0.1, -0.05) is 0 Å². The minimum atomic E-state index is -1.34. The van der Waals surface area contributed by atoms with Crippen LogP contribution in [-0.2, 0) is 11.3 Å². The number of carbonyl (C=O) groups is 2. The monoisotopic (exact) mass is 299 g/mol. The van der Waals surface area contributed by atoms with Crippen molar-refractivity contribution in [1.29, 1.82) is 0 Å². The van der Waals surface area contributed by atoms with Crippen LogP contribution in [0.5, 0.6) is 0 Å². The van der Waals surface area contributed by atoms with Crippen molar-refractivity contribution in [2.75, 3.05) is 5.32 Å². The highest BCUT2D eigenvalue weighted by atomic mass is 19.1. The fourth-order valence-corrected chi connectivity index (χ4v) is 1.61. The first-order valence-corrected chi connectivity index (χ1v) is 5.57. The van der Waals surface area contributed by atoms with Crippen LogP contribution in [0, 0.1) is 17.5 Å². The van der Waals surface area contributed by atoms with E-state index in [2.05, 4.69) is 10.4 Å². The molecule has 2 aromatic rings. The molecule has 21 heavy (non-hydrogen) atoms. The van der Waals surface area contributed by atoms with Crippen LogP contribution in [0.25, 0.3) is 0 Å². The molecule has 0 saturated carbocycles. The summed E-state index contributed by atoms with van der Waals surface area (Å²) in [6, 6.07) is 0.762. The van der Waals surface area contributed by atoms with Gasteiger partial charge in [0.05, 0.1) is 11.9 Å². The van der Waals surface area contributed by atoms with Crippen LogP contribution in [-0.4, -0.2) is 26.8 Å². The number of nitrogens with one attached hydrogen (secondary N) is 1. The van der Waals surface area contributed by atoms with E-state index in [0.717, 1.165) is 10.9 Å². The van der Waals surface area contributed by atoms with Crippen LogP contribution in [0.15, 0.2) is 24.5 Å². The Morgan fingerprint density at radius 3 is 2.43 bits per heavy atom. The maximum atomic E-state index is 13.4. The van der Waals surface area contributed by atoms with Crippen molar-refractivity contribution in [3.8, 4) is 0 Å². The van der Waals surface area contributed by atoms with Gasteiger partial charge in [0.1, 0.15) is 29.6 Å². The summed E-state index contributed by atoms with van der Waals surface area (Å²) < 4.78 is 40.6. The van der Waals surface area contributed by atoms with Gasteiger partial charge in [0.15, 0.2) is 0 Å². The first-order valence-electron chi connectivity index (χ1n) is 5.57. The van der Waals surface area contributed by atoms with Gasteiger partial charge < -0.3 is 10.4 Å². The molecule has 1 aromatic heterocycles. The number of halogens is 3. The number of anilines is 1. The third-order valence-electron chi connectivity index (χ3n) is 2.42. The number of aromatic nitrogens is 2. The van der Waals surface area contributed by atoms with Crippen molar-refractivity contribution >= 4 is 17.6 Å². The molecule has 1 heterocycles. The van der Waals surface area contributed by atoms with Gasteiger partial charge in [-0.2, -0.15) is 5.10 Å². The van der Waals surface area contributed by atoms with Crippen LogP contribution in [0.2, 0.25) is 0 Å². The number of carboxylic acid groups (broad SMARTS) is 1. The predicted molar refractivity (Wildman–Crippen MR) is 64.1 cm³/mol. The number of nitrogens with zero attached hydrogens (tertiary/aromatic N) is 2. The molecule has 0 aliphatic rings. The Morgan fingerprint density at radius 1 is 1.24 bits per heavy atom. The van der Waals surface area contributed by atoms with Crippen molar-refractivity contribution in [3.63, 3.8) is 0 Å². The normalized spacial score (nSPS) is 10.4. The molecule has 0 aliphatic carbocycles. The molecule has 0 atom stereocenters. The standard InChI is InChI=1S/C12H8F3N3O3/c13-6-1-8(14)11(9(15)2-6)12(21)17-7-3-16-18(4-7)5-10(19)20/h1-4H,5H2,(H,17,21)(H,19,20). The molecular weight excluding hydrogens is 291 g/mol. The fourth-order valence-electron chi connectivity index (χ4n) is 1.61. The second-order valence-corrected chi connectivity index (χ2v) is 4.02. The molecule has 0 radical (unpaired) electrons. The number of amides is 1. The van der Waals surface area contributed by atoms with E-state index in [1.165, 1.54) is 6.20 Å². The number of aliphatic carboxylic acids is 1. The van der Waals surface area contributed by atoms with E-state index in [4.69, 9.17) is 5.11 Å². The van der Waals surface area contributed by atoms with E-state index in [1.807, 2.05) is 0 Å². The van der Waals surface area contributed by atoms with E-state index in [0.29, 0.717) is 12.1 Å². The molecule has 110 valence electrons. The summed E-state index contributed by atoms with van der Waals surface area (Å²) in [6.07, 6.45) is 2.28. The van der Waals surface area contributed by atoms with Crippen LogP contribution in [0.3, 0.4) is 0 Å². The van der Waals surface area contributed by atoms with E-state index in [9.17, 15) is 22.8 Å². The van der Waals surface area contributed by atoms with E-state index < -0.39 is 41.4 Å². The van der Waals surface area contributed by atoms with Gasteiger partial charge in [-0.3, -0.25) is 14.3 Å². The molecule has 1 amide bonds. The lowest BCUT2D eigenvalue weighted by molar-refractivity contribution is -0.137. The van der Waals surface area contributed by atoms with Gasteiger partial charge in [0.25, 0.3) is 5.91 Å². The molecular formula is C12H8F3N3O3. The van der Waals surface area contributed by atoms with Crippen LogP contribution < -0.4 is 5.32 Å². The zero-order valence-electron chi connectivity index (χ0n) is 10.3. The molecule has 9 heteroatoms. The Kier molecular flexibility index (Phi) is 3.92. The molecule has 2 N–H and O–H groups in total. The van der Waals surface area contributed by atoms with Crippen LogP contribution >= 0.6 is 0 Å². The number of hydrogen-bond donors (Lipinski definition) is 2. The predicted octanol–water partition coefficient (Wildman–Crippen LogP) is 1.64. The zero-order valence-corrected chi connectivity index (χ0v) is 10.3. The average Bonchev–Trinajstić information content (AvgIpc) is 2.73. The Hall–Kier alpha value is -2.84. The number of benzene rings is 1. The van der Waals surface area contributed by atoms with Crippen molar-refractivity contribution in [3.05, 3.63) is 47.5 Å². The lowest BCUT2D eigenvalue weighted by atomic mass is 10.1. The number of hydrogen-bond acceptors (Lipinski definition) is 3. The Morgan fingerprint density at radius 2 is 1.86 bits per heavy atom. The SMILES string of the molecule is O=C(O)Cn1cc(NC(=O)c2c(F)cc(F)cc2F)cn1.